The Balaban J connectivity index is 2.15. The van der Waals surface area contributed by atoms with Crippen LogP contribution in [0.3, 0.4) is 0 Å². The van der Waals surface area contributed by atoms with Crippen LogP contribution in [0.15, 0.2) is 30.7 Å². The third-order valence-electron chi connectivity index (χ3n) is 3.19. The minimum atomic E-state index is -0.483. The number of esters is 1. The van der Waals surface area contributed by atoms with Crippen molar-refractivity contribution in [1.82, 2.24) is 19.4 Å². The van der Waals surface area contributed by atoms with Gasteiger partial charge in [0.2, 0.25) is 0 Å². The van der Waals surface area contributed by atoms with E-state index in [1.807, 2.05) is 19.1 Å². The molecule has 3 aromatic rings. The highest BCUT2D eigenvalue weighted by molar-refractivity contribution is 6.29. The third-order valence-corrected chi connectivity index (χ3v) is 3.41. The molecule has 3 heterocycles. The first-order valence-electron chi connectivity index (χ1n) is 6.74. The number of hydrogen-bond acceptors (Lipinski definition) is 5. The smallest absolute Gasteiger partial charge is 0.360 e. The second-order valence-corrected chi connectivity index (χ2v) is 5.05. The Morgan fingerprint density at radius 1 is 1.36 bits per heavy atom. The summed E-state index contributed by atoms with van der Waals surface area (Å²) in [6.07, 6.45) is 3.20. The van der Waals surface area contributed by atoms with E-state index in [0.717, 1.165) is 11.3 Å². The van der Waals surface area contributed by atoms with Crippen LogP contribution in [0.2, 0.25) is 5.15 Å². The van der Waals surface area contributed by atoms with E-state index in [0.29, 0.717) is 16.5 Å². The maximum atomic E-state index is 12.0. The number of fused-ring (bicyclic) bond motifs is 1. The van der Waals surface area contributed by atoms with Crippen molar-refractivity contribution < 1.29 is 9.53 Å². The molecule has 0 saturated carbocycles. The summed E-state index contributed by atoms with van der Waals surface area (Å²) in [6.45, 7) is 3.95. The fourth-order valence-corrected chi connectivity index (χ4v) is 2.25. The van der Waals surface area contributed by atoms with Gasteiger partial charge in [0.1, 0.15) is 11.5 Å². The molecule has 0 aliphatic rings. The molecular formula is C15H13ClN4O2. The van der Waals surface area contributed by atoms with Crippen LogP contribution in [0.1, 0.15) is 23.1 Å². The number of aryl methyl sites for hydroxylation is 1. The molecule has 0 unspecified atom stereocenters. The minimum absolute atomic E-state index is 0.203. The molecule has 3 aromatic heterocycles. The quantitative estimate of drug-likeness (QED) is 0.549. The number of ether oxygens (including phenoxy) is 1. The third kappa shape index (κ3) is 2.53. The van der Waals surface area contributed by atoms with Gasteiger partial charge in [0, 0.05) is 17.5 Å². The van der Waals surface area contributed by atoms with Crippen molar-refractivity contribution in [3.63, 3.8) is 0 Å². The highest BCUT2D eigenvalue weighted by atomic mass is 35.5. The Morgan fingerprint density at radius 3 is 2.86 bits per heavy atom. The second kappa shape index (κ2) is 5.73. The molecule has 112 valence electrons. The van der Waals surface area contributed by atoms with Crippen LogP contribution in [0.25, 0.3) is 16.9 Å². The number of hydrogen-bond donors (Lipinski definition) is 0. The van der Waals surface area contributed by atoms with Crippen molar-refractivity contribution in [2.45, 2.75) is 13.8 Å². The number of aromatic nitrogens is 4. The van der Waals surface area contributed by atoms with Gasteiger partial charge in [0.15, 0.2) is 11.3 Å². The Kier molecular flexibility index (Phi) is 3.77. The van der Waals surface area contributed by atoms with Crippen LogP contribution in [-0.2, 0) is 4.74 Å². The molecule has 0 fully saturated rings. The molecule has 0 aliphatic carbocycles. The molecule has 0 spiro atoms. The molecule has 7 heteroatoms. The van der Waals surface area contributed by atoms with Gasteiger partial charge in [-0.3, -0.25) is 4.40 Å². The number of pyridine rings is 1. The monoisotopic (exact) mass is 316 g/mol. The van der Waals surface area contributed by atoms with Crippen molar-refractivity contribution in [3.8, 4) is 11.3 Å². The average molecular weight is 317 g/mol. The molecule has 0 N–H and O–H groups in total. The van der Waals surface area contributed by atoms with Crippen LogP contribution >= 0.6 is 11.6 Å². The van der Waals surface area contributed by atoms with E-state index in [1.165, 1.54) is 0 Å². The first-order valence-corrected chi connectivity index (χ1v) is 7.11. The molecule has 0 amide bonds. The zero-order valence-electron chi connectivity index (χ0n) is 12.1. The molecule has 0 bridgehead atoms. The zero-order chi connectivity index (χ0) is 15.7. The van der Waals surface area contributed by atoms with Gasteiger partial charge in [-0.05, 0) is 32.0 Å². The predicted octanol–water partition coefficient (Wildman–Crippen LogP) is 2.93. The highest BCUT2D eigenvalue weighted by Gasteiger charge is 2.18. The molecule has 6 nitrogen and oxygen atoms in total. The molecular weight excluding hydrogens is 304 g/mol. The van der Waals surface area contributed by atoms with Crippen LogP contribution in [-0.4, -0.2) is 31.9 Å². The Labute approximate surface area is 131 Å². The minimum Gasteiger partial charge on any atom is -0.461 e. The van der Waals surface area contributed by atoms with E-state index in [4.69, 9.17) is 16.3 Å². The van der Waals surface area contributed by atoms with Gasteiger partial charge < -0.3 is 4.74 Å². The number of nitrogens with zero attached hydrogens (tertiary/aromatic N) is 4. The maximum absolute atomic E-state index is 12.0. The van der Waals surface area contributed by atoms with Crippen molar-refractivity contribution in [2.75, 3.05) is 6.61 Å². The summed E-state index contributed by atoms with van der Waals surface area (Å²) in [4.78, 5) is 24.6. The van der Waals surface area contributed by atoms with Gasteiger partial charge in [-0.1, -0.05) is 11.6 Å². The predicted molar refractivity (Wildman–Crippen MR) is 81.9 cm³/mol. The van der Waals surface area contributed by atoms with Crippen molar-refractivity contribution in [3.05, 3.63) is 47.3 Å². The lowest BCUT2D eigenvalue weighted by Gasteiger charge is -2.06. The average Bonchev–Trinajstić information content (AvgIpc) is 2.92. The van der Waals surface area contributed by atoms with Crippen molar-refractivity contribution in [1.29, 1.82) is 0 Å². The summed E-state index contributed by atoms with van der Waals surface area (Å²) in [5.41, 5.74) is 3.07. The molecule has 0 atom stereocenters. The molecule has 0 aliphatic heterocycles. The van der Waals surface area contributed by atoms with E-state index in [1.54, 1.807) is 29.9 Å². The second-order valence-electron chi connectivity index (χ2n) is 4.66. The van der Waals surface area contributed by atoms with Gasteiger partial charge in [-0.15, -0.1) is 0 Å². The molecule has 0 saturated heterocycles. The Bertz CT molecular complexity index is 843. The molecule has 22 heavy (non-hydrogen) atoms. The standard InChI is InChI=1S/C15H13ClN4O2/c1-3-22-15(21)13-14-19-11(6-9(2)20(14)8-18-13)10-4-5-12(16)17-7-10/h4-8H,3H2,1-2H3. The van der Waals surface area contributed by atoms with Crippen LogP contribution in [0, 0.1) is 6.92 Å². The van der Waals surface area contributed by atoms with Gasteiger partial charge in [-0.2, -0.15) is 0 Å². The topological polar surface area (TPSA) is 69.4 Å². The number of imidazole rings is 1. The van der Waals surface area contributed by atoms with Crippen LogP contribution in [0.4, 0.5) is 0 Å². The largest absolute Gasteiger partial charge is 0.461 e. The molecule has 0 radical (unpaired) electrons. The maximum Gasteiger partial charge on any atom is 0.360 e. The number of carbonyl (C=O) groups excluding carboxylic acids is 1. The van der Waals surface area contributed by atoms with Crippen molar-refractivity contribution >= 4 is 23.2 Å². The first kappa shape index (κ1) is 14.5. The summed E-state index contributed by atoms with van der Waals surface area (Å²) in [7, 11) is 0. The van der Waals surface area contributed by atoms with Gasteiger partial charge >= 0.3 is 5.97 Å². The van der Waals surface area contributed by atoms with E-state index >= 15 is 0 Å². The van der Waals surface area contributed by atoms with E-state index in [-0.39, 0.29) is 12.3 Å². The van der Waals surface area contributed by atoms with E-state index < -0.39 is 5.97 Å². The fourth-order valence-electron chi connectivity index (χ4n) is 2.14. The van der Waals surface area contributed by atoms with Gasteiger partial charge in [0.05, 0.1) is 12.3 Å². The normalized spacial score (nSPS) is 10.9. The summed E-state index contributed by atoms with van der Waals surface area (Å²) >= 11 is 5.80. The lowest BCUT2D eigenvalue weighted by Crippen LogP contribution is -2.07. The van der Waals surface area contributed by atoms with Crippen LogP contribution < -0.4 is 0 Å². The van der Waals surface area contributed by atoms with Gasteiger partial charge in [0.25, 0.3) is 0 Å². The first-order chi connectivity index (χ1) is 10.6. The molecule has 3 rings (SSSR count). The summed E-state index contributed by atoms with van der Waals surface area (Å²) < 4.78 is 6.76. The summed E-state index contributed by atoms with van der Waals surface area (Å²) in [6, 6.07) is 5.42. The highest BCUT2D eigenvalue weighted by Crippen LogP contribution is 2.21. The number of carbonyl (C=O) groups is 1. The molecule has 0 aromatic carbocycles. The Hall–Kier alpha value is -2.47. The summed E-state index contributed by atoms with van der Waals surface area (Å²) in [5.74, 6) is -0.483. The lowest BCUT2D eigenvalue weighted by molar-refractivity contribution is 0.0522. The number of rotatable bonds is 3. The zero-order valence-corrected chi connectivity index (χ0v) is 12.8. The van der Waals surface area contributed by atoms with Crippen molar-refractivity contribution in [2.24, 2.45) is 0 Å². The van der Waals surface area contributed by atoms with Gasteiger partial charge in [-0.25, -0.2) is 19.7 Å². The van der Waals surface area contributed by atoms with E-state index in [9.17, 15) is 4.79 Å². The van der Waals surface area contributed by atoms with Crippen LogP contribution in [0.5, 0.6) is 0 Å². The number of halogens is 1. The lowest BCUT2D eigenvalue weighted by atomic mass is 10.2. The summed E-state index contributed by atoms with van der Waals surface area (Å²) in [5, 5.41) is 0.415. The Morgan fingerprint density at radius 2 is 2.18 bits per heavy atom. The fraction of sp³-hybridized carbons (Fsp3) is 0.200. The van der Waals surface area contributed by atoms with E-state index in [2.05, 4.69) is 15.0 Å². The SMILES string of the molecule is CCOC(=O)c1ncn2c(C)cc(-c3ccc(Cl)nc3)nc12.